The van der Waals surface area contributed by atoms with E-state index >= 15 is 0 Å². The van der Waals surface area contributed by atoms with Gasteiger partial charge < -0.3 is 4.74 Å². The van der Waals surface area contributed by atoms with E-state index in [1.807, 2.05) is 0 Å². The van der Waals surface area contributed by atoms with E-state index in [2.05, 4.69) is 45.0 Å². The molecule has 1 heterocycles. The fraction of sp³-hybridized carbons (Fsp3) is 0.800. The van der Waals surface area contributed by atoms with Crippen molar-refractivity contribution in [3.63, 3.8) is 0 Å². The fourth-order valence-corrected chi connectivity index (χ4v) is 1.78. The van der Waals surface area contributed by atoms with Crippen molar-refractivity contribution in [3.05, 3.63) is 0 Å². The van der Waals surface area contributed by atoms with E-state index in [9.17, 15) is 0 Å². The lowest BCUT2D eigenvalue weighted by molar-refractivity contribution is 0.346. The highest BCUT2D eigenvalue weighted by Gasteiger charge is 2.49. The Morgan fingerprint density at radius 3 is 2.33 bits per heavy atom. The summed E-state index contributed by atoms with van der Waals surface area (Å²) in [5, 5.41) is 0. The topological polar surface area (TPSA) is 12.5 Å². The highest BCUT2D eigenvalue weighted by molar-refractivity contribution is 6.83. The van der Waals surface area contributed by atoms with Crippen molar-refractivity contribution in [2.24, 2.45) is 0 Å². The van der Waals surface area contributed by atoms with E-state index in [1.54, 1.807) is 0 Å². The maximum atomic E-state index is 5.50. The van der Waals surface area contributed by atoms with Gasteiger partial charge >= 0.3 is 0 Å². The molecule has 0 amide bonds. The molecule has 12 heavy (non-hydrogen) atoms. The molecule has 0 spiro atoms. The average molecular weight is 182 g/mol. The molecule has 1 saturated heterocycles. The number of epoxide rings is 1. The van der Waals surface area contributed by atoms with Crippen molar-refractivity contribution in [3.8, 4) is 11.5 Å². The molecule has 0 aromatic heterocycles. The van der Waals surface area contributed by atoms with Crippen molar-refractivity contribution in [1.82, 2.24) is 0 Å². The van der Waals surface area contributed by atoms with Crippen LogP contribution in [0.15, 0.2) is 0 Å². The van der Waals surface area contributed by atoms with Gasteiger partial charge in [0.25, 0.3) is 0 Å². The highest BCUT2D eigenvalue weighted by atomic mass is 28.3. The summed E-state index contributed by atoms with van der Waals surface area (Å²) in [4.78, 5) is 0. The molecule has 68 valence electrons. The molecule has 1 aliphatic rings. The normalized spacial score (nSPS) is 33.9. The minimum atomic E-state index is -1.21. The highest BCUT2D eigenvalue weighted by Crippen LogP contribution is 2.37. The Labute approximate surface area is 76.5 Å². The summed E-state index contributed by atoms with van der Waals surface area (Å²) in [5.41, 5.74) is 3.25. The van der Waals surface area contributed by atoms with E-state index in [0.717, 1.165) is 6.42 Å². The number of ether oxygens (including phenoxy) is 1. The number of hydrogen-bond donors (Lipinski definition) is 0. The molecule has 0 radical (unpaired) electrons. The van der Waals surface area contributed by atoms with Crippen LogP contribution in [0.4, 0.5) is 0 Å². The third-order valence-corrected chi connectivity index (χ3v) is 2.88. The van der Waals surface area contributed by atoms with Crippen molar-refractivity contribution >= 4 is 8.07 Å². The number of rotatable bonds is 1. The Hall–Kier alpha value is -0.263. The van der Waals surface area contributed by atoms with Gasteiger partial charge in [0.2, 0.25) is 0 Å². The first-order valence-electron chi connectivity index (χ1n) is 4.59. The maximum Gasteiger partial charge on any atom is 0.151 e. The van der Waals surface area contributed by atoms with Gasteiger partial charge in [0.05, 0.1) is 6.10 Å². The van der Waals surface area contributed by atoms with Crippen LogP contribution < -0.4 is 0 Å². The minimum absolute atomic E-state index is 0.102. The van der Waals surface area contributed by atoms with Crippen LogP contribution in [0.2, 0.25) is 19.6 Å². The molecule has 1 nitrogen and oxygen atoms in total. The molecule has 1 aliphatic heterocycles. The zero-order valence-corrected chi connectivity index (χ0v) is 9.69. The summed E-state index contributed by atoms with van der Waals surface area (Å²) in [6.07, 6.45) is 1.47. The monoisotopic (exact) mass is 182 g/mol. The molecule has 1 fully saturated rings. The Kier molecular flexibility index (Phi) is 2.37. The van der Waals surface area contributed by atoms with Gasteiger partial charge in [-0.25, -0.2) is 0 Å². The third-order valence-electron chi connectivity index (χ3n) is 2.00. The molecule has 0 bridgehead atoms. The van der Waals surface area contributed by atoms with Crippen LogP contribution in [0, 0.1) is 11.5 Å². The van der Waals surface area contributed by atoms with E-state index in [1.165, 1.54) is 0 Å². The quantitative estimate of drug-likeness (QED) is 0.345. The molecule has 1 rings (SSSR count). The smallest absolute Gasteiger partial charge is 0.151 e. The van der Waals surface area contributed by atoms with Gasteiger partial charge in [0.1, 0.15) is 8.07 Å². The predicted octanol–water partition coefficient (Wildman–Crippen LogP) is 2.43. The van der Waals surface area contributed by atoms with Crippen molar-refractivity contribution in [2.45, 2.75) is 51.6 Å². The van der Waals surface area contributed by atoms with E-state index in [-0.39, 0.29) is 5.60 Å². The molecule has 0 aromatic rings. The summed E-state index contributed by atoms with van der Waals surface area (Å²) in [5.74, 6) is 3.26. The molecule has 0 N–H and O–H groups in total. The zero-order valence-electron chi connectivity index (χ0n) is 8.69. The largest absolute Gasteiger partial charge is 0.353 e. The van der Waals surface area contributed by atoms with Crippen LogP contribution in [-0.2, 0) is 4.74 Å². The Morgan fingerprint density at radius 1 is 1.42 bits per heavy atom. The van der Waals surface area contributed by atoms with Gasteiger partial charge in [-0.3, -0.25) is 0 Å². The Bertz CT molecular complexity index is 230. The summed E-state index contributed by atoms with van der Waals surface area (Å²) in [6.45, 7) is 11.0. The average Bonchev–Trinajstić information content (AvgIpc) is 2.58. The fourth-order valence-electron chi connectivity index (χ4n) is 1.16. The minimum Gasteiger partial charge on any atom is -0.353 e. The number of hydrogen-bond acceptors (Lipinski definition) is 1. The van der Waals surface area contributed by atoms with Gasteiger partial charge in [0, 0.05) is 0 Å². The summed E-state index contributed by atoms with van der Waals surface area (Å²) < 4.78 is 5.50. The van der Waals surface area contributed by atoms with Crippen LogP contribution in [0.5, 0.6) is 0 Å². The molecular weight excluding hydrogens is 164 g/mol. The first-order valence-corrected chi connectivity index (χ1v) is 8.09. The first-order chi connectivity index (χ1) is 5.37. The standard InChI is InChI=1S/C10H18OSi/c1-6-9-10(2,11-9)7-8-12(3,4)5/h9H,6H2,1-5H3/t9-,10-/m1/s1. The van der Waals surface area contributed by atoms with Crippen molar-refractivity contribution in [1.29, 1.82) is 0 Å². The Morgan fingerprint density at radius 2 is 2.00 bits per heavy atom. The van der Waals surface area contributed by atoms with Gasteiger partial charge in [-0.1, -0.05) is 32.5 Å². The second-order valence-corrected chi connectivity index (χ2v) is 9.37. The molecule has 0 saturated carbocycles. The predicted molar refractivity (Wildman–Crippen MR) is 54.7 cm³/mol. The summed E-state index contributed by atoms with van der Waals surface area (Å²) in [6, 6.07) is 0. The second kappa shape index (κ2) is 2.90. The Balaban J connectivity index is 2.57. The SMILES string of the molecule is CC[C@H]1O[C@]1(C)C#C[Si](C)(C)C. The molecule has 0 aliphatic carbocycles. The van der Waals surface area contributed by atoms with Gasteiger partial charge in [-0.05, 0) is 13.3 Å². The second-order valence-electron chi connectivity index (χ2n) is 4.62. The first kappa shape index (κ1) is 9.82. The van der Waals surface area contributed by atoms with Gasteiger partial charge in [-0.15, -0.1) is 5.54 Å². The van der Waals surface area contributed by atoms with Crippen LogP contribution in [0.25, 0.3) is 0 Å². The molecule has 0 aromatic carbocycles. The van der Waals surface area contributed by atoms with Crippen LogP contribution >= 0.6 is 0 Å². The molecule has 2 atom stereocenters. The van der Waals surface area contributed by atoms with Crippen molar-refractivity contribution < 1.29 is 4.74 Å². The summed E-state index contributed by atoms with van der Waals surface area (Å²) >= 11 is 0. The van der Waals surface area contributed by atoms with E-state index in [4.69, 9.17) is 4.74 Å². The van der Waals surface area contributed by atoms with Crippen LogP contribution in [0.1, 0.15) is 20.3 Å². The molecular formula is C10H18OSi. The van der Waals surface area contributed by atoms with E-state index in [0.29, 0.717) is 6.10 Å². The third kappa shape index (κ3) is 2.36. The van der Waals surface area contributed by atoms with Gasteiger partial charge in [0.15, 0.2) is 5.60 Å². The molecule has 0 unspecified atom stereocenters. The summed E-state index contributed by atoms with van der Waals surface area (Å²) in [7, 11) is -1.21. The maximum absolute atomic E-state index is 5.50. The van der Waals surface area contributed by atoms with E-state index < -0.39 is 8.07 Å². The van der Waals surface area contributed by atoms with Crippen molar-refractivity contribution in [2.75, 3.05) is 0 Å². The molecule has 2 heteroatoms. The lowest BCUT2D eigenvalue weighted by Crippen LogP contribution is -2.18. The lowest BCUT2D eigenvalue weighted by atomic mass is 10.1. The lowest BCUT2D eigenvalue weighted by Gasteiger charge is -2.04. The zero-order chi connectivity index (χ0) is 9.41. The van der Waals surface area contributed by atoms with Gasteiger partial charge in [-0.2, -0.15) is 0 Å². The van der Waals surface area contributed by atoms with Crippen LogP contribution in [-0.4, -0.2) is 19.8 Å². The van der Waals surface area contributed by atoms with Crippen LogP contribution in [0.3, 0.4) is 0 Å².